The van der Waals surface area contributed by atoms with E-state index >= 15 is 0 Å². The molecule has 1 aliphatic heterocycles. The van der Waals surface area contributed by atoms with Crippen LogP contribution in [0.1, 0.15) is 46.0 Å². The molecule has 0 aromatic carbocycles. The number of nitrogens with two attached hydrogens (primary N) is 1. The minimum absolute atomic E-state index is 0. The van der Waals surface area contributed by atoms with E-state index < -0.39 is 0 Å². The highest BCUT2D eigenvalue weighted by Gasteiger charge is 2.31. The number of carbonyl (C=O) groups excluding carboxylic acids is 1. The van der Waals surface area contributed by atoms with Crippen LogP contribution in [0.3, 0.4) is 0 Å². The lowest BCUT2D eigenvalue weighted by molar-refractivity contribution is -0.134. The molecule has 0 bridgehead atoms. The molecule has 0 spiro atoms. The molecule has 2 rings (SSSR count). The molecule has 4 nitrogen and oxygen atoms in total. The second-order valence-corrected chi connectivity index (χ2v) is 8.55. The first kappa shape index (κ1) is 22.1. The molecule has 2 aliphatic rings. The third-order valence-corrected chi connectivity index (χ3v) is 6.42. The van der Waals surface area contributed by atoms with E-state index in [1.54, 1.807) is 11.8 Å². The maximum atomic E-state index is 12.4. The van der Waals surface area contributed by atoms with E-state index in [1.165, 1.54) is 25.7 Å². The van der Waals surface area contributed by atoms with Crippen LogP contribution in [0.5, 0.6) is 0 Å². The first-order chi connectivity index (χ1) is 11.0. The number of hydrogen-bond acceptors (Lipinski definition) is 4. The molecule has 1 saturated carbocycles. The number of nitrogens with zero attached hydrogens (tertiary/aromatic N) is 2. The average Bonchev–Trinajstić information content (AvgIpc) is 2.59. The third-order valence-electron chi connectivity index (χ3n) is 5.78. The van der Waals surface area contributed by atoms with Crippen LogP contribution in [0.15, 0.2) is 0 Å². The van der Waals surface area contributed by atoms with Crippen molar-refractivity contribution >= 4 is 30.1 Å². The predicted molar refractivity (Wildman–Crippen MR) is 107 cm³/mol. The molecule has 0 aromatic heterocycles. The summed E-state index contributed by atoms with van der Waals surface area (Å²) in [6.07, 6.45) is 8.28. The number of rotatable bonds is 6. The fourth-order valence-electron chi connectivity index (χ4n) is 4.04. The highest BCUT2D eigenvalue weighted by molar-refractivity contribution is 7.98. The summed E-state index contributed by atoms with van der Waals surface area (Å²) in [4.78, 5) is 17.0. The molecular formula is C18H36ClN3OS. The monoisotopic (exact) mass is 377 g/mol. The van der Waals surface area contributed by atoms with Crippen molar-refractivity contribution in [1.29, 1.82) is 0 Å². The van der Waals surface area contributed by atoms with Gasteiger partial charge < -0.3 is 10.6 Å². The summed E-state index contributed by atoms with van der Waals surface area (Å²) in [5.74, 6) is 2.87. The van der Waals surface area contributed by atoms with Crippen LogP contribution in [-0.2, 0) is 4.79 Å². The van der Waals surface area contributed by atoms with E-state index in [4.69, 9.17) is 5.73 Å². The molecule has 1 heterocycles. The third kappa shape index (κ3) is 6.08. The molecule has 6 heteroatoms. The summed E-state index contributed by atoms with van der Waals surface area (Å²) >= 11 is 1.76. The summed E-state index contributed by atoms with van der Waals surface area (Å²) < 4.78 is 0. The lowest BCUT2D eigenvalue weighted by atomic mass is 9.79. The van der Waals surface area contributed by atoms with Crippen LogP contribution in [0.25, 0.3) is 0 Å². The lowest BCUT2D eigenvalue weighted by Crippen LogP contribution is -2.55. The normalized spacial score (nSPS) is 27.0. The van der Waals surface area contributed by atoms with Gasteiger partial charge in [-0.3, -0.25) is 9.69 Å². The summed E-state index contributed by atoms with van der Waals surface area (Å²) in [6, 6.07) is 0.433. The smallest absolute Gasteiger partial charge is 0.239 e. The Morgan fingerprint density at radius 3 is 2.21 bits per heavy atom. The molecular weight excluding hydrogens is 342 g/mol. The number of piperazine rings is 1. The van der Waals surface area contributed by atoms with Crippen LogP contribution in [0, 0.1) is 11.8 Å². The molecule has 24 heavy (non-hydrogen) atoms. The van der Waals surface area contributed by atoms with Crippen molar-refractivity contribution in [2.24, 2.45) is 17.6 Å². The number of carbonyl (C=O) groups is 1. The second-order valence-electron chi connectivity index (χ2n) is 7.56. The second kappa shape index (κ2) is 10.9. The SMILES string of the molecule is CSCC[C@H](N)C(=O)N1CCN(C2CCC(C(C)C)CC2)CC1.Cl. The van der Waals surface area contributed by atoms with E-state index in [0.717, 1.165) is 56.2 Å². The van der Waals surface area contributed by atoms with Crippen molar-refractivity contribution in [2.75, 3.05) is 38.2 Å². The number of halogens is 1. The molecule has 0 aromatic rings. The van der Waals surface area contributed by atoms with Crippen LogP contribution in [0.2, 0.25) is 0 Å². The molecule has 1 amide bonds. The van der Waals surface area contributed by atoms with Crippen LogP contribution in [0.4, 0.5) is 0 Å². The molecule has 1 aliphatic carbocycles. The lowest BCUT2D eigenvalue weighted by Gasteiger charge is -2.43. The molecule has 142 valence electrons. The Hall–Kier alpha value is 0.0300. The van der Waals surface area contributed by atoms with Gasteiger partial charge in [-0.25, -0.2) is 0 Å². The molecule has 0 radical (unpaired) electrons. The van der Waals surface area contributed by atoms with Gasteiger partial charge in [-0.15, -0.1) is 12.4 Å². The van der Waals surface area contributed by atoms with E-state index in [-0.39, 0.29) is 24.4 Å². The largest absolute Gasteiger partial charge is 0.339 e. The zero-order chi connectivity index (χ0) is 16.8. The Kier molecular flexibility index (Phi) is 10.0. The van der Waals surface area contributed by atoms with Crippen molar-refractivity contribution in [3.8, 4) is 0 Å². The maximum Gasteiger partial charge on any atom is 0.239 e. The Labute approximate surface area is 158 Å². The topological polar surface area (TPSA) is 49.6 Å². The molecule has 1 atom stereocenters. The Balaban J connectivity index is 0.00000288. The zero-order valence-corrected chi connectivity index (χ0v) is 17.2. The fraction of sp³-hybridized carbons (Fsp3) is 0.944. The van der Waals surface area contributed by atoms with Crippen LogP contribution >= 0.6 is 24.2 Å². The number of thioether (sulfide) groups is 1. The van der Waals surface area contributed by atoms with Gasteiger partial charge >= 0.3 is 0 Å². The first-order valence-corrected chi connectivity index (χ1v) is 10.7. The predicted octanol–water partition coefficient (Wildman–Crippen LogP) is 2.85. The van der Waals surface area contributed by atoms with E-state index in [9.17, 15) is 4.79 Å². The molecule has 1 saturated heterocycles. The summed E-state index contributed by atoms with van der Waals surface area (Å²) in [5, 5.41) is 0. The summed E-state index contributed by atoms with van der Waals surface area (Å²) in [7, 11) is 0. The van der Waals surface area contributed by atoms with Crippen LogP contribution < -0.4 is 5.73 Å². The highest BCUT2D eigenvalue weighted by Crippen LogP contribution is 2.32. The van der Waals surface area contributed by atoms with Gasteiger partial charge in [0.2, 0.25) is 5.91 Å². The van der Waals surface area contributed by atoms with E-state index in [0.29, 0.717) is 0 Å². The van der Waals surface area contributed by atoms with Crippen molar-refractivity contribution in [3.63, 3.8) is 0 Å². The van der Waals surface area contributed by atoms with Gasteiger partial charge in [0.05, 0.1) is 6.04 Å². The molecule has 2 fully saturated rings. The molecule has 2 N–H and O–H groups in total. The number of hydrogen-bond donors (Lipinski definition) is 1. The van der Waals surface area contributed by atoms with Gasteiger partial charge in [-0.05, 0) is 55.9 Å². The zero-order valence-electron chi connectivity index (χ0n) is 15.6. The first-order valence-electron chi connectivity index (χ1n) is 9.30. The number of amides is 1. The van der Waals surface area contributed by atoms with Gasteiger partial charge in [-0.2, -0.15) is 11.8 Å². The van der Waals surface area contributed by atoms with Crippen molar-refractivity contribution in [2.45, 2.75) is 58.0 Å². The molecule has 0 unspecified atom stereocenters. The minimum atomic E-state index is -0.310. The fourth-order valence-corrected chi connectivity index (χ4v) is 4.53. The van der Waals surface area contributed by atoms with Gasteiger partial charge in [0.15, 0.2) is 0 Å². The van der Waals surface area contributed by atoms with Crippen molar-refractivity contribution in [1.82, 2.24) is 9.80 Å². The minimum Gasteiger partial charge on any atom is -0.339 e. The Morgan fingerprint density at radius 2 is 1.71 bits per heavy atom. The van der Waals surface area contributed by atoms with E-state index in [1.807, 2.05) is 4.90 Å². The van der Waals surface area contributed by atoms with E-state index in [2.05, 4.69) is 25.0 Å². The van der Waals surface area contributed by atoms with Gasteiger partial charge in [0, 0.05) is 32.2 Å². The summed E-state index contributed by atoms with van der Waals surface area (Å²) in [6.45, 7) is 8.48. The summed E-state index contributed by atoms with van der Waals surface area (Å²) in [5.41, 5.74) is 6.04. The standard InChI is InChI=1S/C18H35N3OS.ClH/c1-14(2)15-4-6-16(7-5-15)20-9-11-21(12-10-20)18(22)17(19)8-13-23-3;/h14-17H,4-13,19H2,1-3H3;1H/t15?,16?,17-;/m0./s1. The van der Waals surface area contributed by atoms with Gasteiger partial charge in [0.1, 0.15) is 0 Å². The average molecular weight is 378 g/mol. The van der Waals surface area contributed by atoms with Gasteiger partial charge in [-0.1, -0.05) is 13.8 Å². The van der Waals surface area contributed by atoms with Gasteiger partial charge in [0.25, 0.3) is 0 Å². The maximum absolute atomic E-state index is 12.4. The van der Waals surface area contributed by atoms with Crippen LogP contribution in [-0.4, -0.2) is 66.0 Å². The van der Waals surface area contributed by atoms with Crippen molar-refractivity contribution in [3.05, 3.63) is 0 Å². The van der Waals surface area contributed by atoms with Crippen molar-refractivity contribution < 1.29 is 4.79 Å². The quantitative estimate of drug-likeness (QED) is 0.773. The Bertz CT molecular complexity index is 367. The Morgan fingerprint density at radius 1 is 1.12 bits per heavy atom. The highest BCUT2D eigenvalue weighted by atomic mass is 35.5.